The molecule has 0 spiro atoms. The minimum absolute atomic E-state index is 0.627. The summed E-state index contributed by atoms with van der Waals surface area (Å²) in [7, 11) is 0. The van der Waals surface area contributed by atoms with Gasteiger partial charge in [0.15, 0.2) is 0 Å². The predicted molar refractivity (Wildman–Crippen MR) is 76.0 cm³/mol. The van der Waals surface area contributed by atoms with Crippen molar-refractivity contribution in [2.75, 3.05) is 5.32 Å². The van der Waals surface area contributed by atoms with Crippen LogP contribution in [0.1, 0.15) is 31.7 Å². The van der Waals surface area contributed by atoms with Crippen LogP contribution < -0.4 is 5.32 Å². The van der Waals surface area contributed by atoms with Crippen molar-refractivity contribution < 1.29 is 0 Å². The highest BCUT2D eigenvalue weighted by atomic mass is 15.3. The zero-order valence-electron chi connectivity index (χ0n) is 11.3. The van der Waals surface area contributed by atoms with E-state index < -0.39 is 0 Å². The van der Waals surface area contributed by atoms with Gasteiger partial charge in [-0.2, -0.15) is 5.10 Å². The van der Waals surface area contributed by atoms with Crippen LogP contribution in [0.3, 0.4) is 0 Å². The molecular formula is C15H20N4. The van der Waals surface area contributed by atoms with Gasteiger partial charge in [0.05, 0.1) is 6.54 Å². The van der Waals surface area contributed by atoms with E-state index in [4.69, 9.17) is 0 Å². The number of hydrogen-bond acceptors (Lipinski definition) is 3. The van der Waals surface area contributed by atoms with Gasteiger partial charge in [-0.1, -0.05) is 25.5 Å². The summed E-state index contributed by atoms with van der Waals surface area (Å²) in [5, 5.41) is 7.81. The molecule has 0 aliphatic heterocycles. The molecule has 4 nitrogen and oxygen atoms in total. The predicted octanol–water partition coefficient (Wildman–Crippen LogP) is 2.93. The molecule has 1 heterocycles. The fourth-order valence-corrected chi connectivity index (χ4v) is 2.83. The molecule has 4 heteroatoms. The van der Waals surface area contributed by atoms with Gasteiger partial charge in [-0.25, -0.2) is 9.67 Å². The maximum atomic E-state index is 4.14. The Morgan fingerprint density at radius 1 is 1.37 bits per heavy atom. The first-order chi connectivity index (χ1) is 9.31. The number of nitrogens with one attached hydrogen (secondary N) is 1. The average molecular weight is 256 g/mol. The number of rotatable bonds is 4. The van der Waals surface area contributed by atoms with E-state index in [2.05, 4.69) is 46.6 Å². The summed E-state index contributed by atoms with van der Waals surface area (Å²) in [5.41, 5.74) is 2.47. The third kappa shape index (κ3) is 2.95. The minimum Gasteiger partial charge on any atom is -0.382 e. The van der Waals surface area contributed by atoms with Crippen LogP contribution in [0.2, 0.25) is 0 Å². The van der Waals surface area contributed by atoms with Gasteiger partial charge in [0, 0.05) is 11.7 Å². The summed E-state index contributed by atoms with van der Waals surface area (Å²) in [6.45, 7) is 3.11. The molecular weight excluding hydrogens is 236 g/mol. The molecule has 2 aromatic rings. The molecule has 100 valence electrons. The standard InChI is InChI=1S/C15H20N4/c1-12-4-2-7-15(12)18-14-6-3-5-13(8-14)9-19-11-16-10-17-19/h3,5-6,8,10-12,15,18H,2,4,7,9H2,1H3. The Morgan fingerprint density at radius 3 is 3.05 bits per heavy atom. The molecule has 1 aliphatic rings. The van der Waals surface area contributed by atoms with Crippen molar-refractivity contribution in [2.45, 2.75) is 38.8 Å². The fraction of sp³-hybridized carbons (Fsp3) is 0.467. The van der Waals surface area contributed by atoms with Crippen molar-refractivity contribution in [3.8, 4) is 0 Å². The molecule has 0 radical (unpaired) electrons. The van der Waals surface area contributed by atoms with E-state index in [1.54, 1.807) is 12.7 Å². The third-order valence-electron chi connectivity index (χ3n) is 3.95. The number of anilines is 1. The highest BCUT2D eigenvalue weighted by Gasteiger charge is 2.22. The van der Waals surface area contributed by atoms with Crippen LogP contribution >= 0.6 is 0 Å². The quantitative estimate of drug-likeness (QED) is 0.914. The molecule has 1 saturated carbocycles. The lowest BCUT2D eigenvalue weighted by Gasteiger charge is -2.19. The third-order valence-corrected chi connectivity index (χ3v) is 3.95. The van der Waals surface area contributed by atoms with E-state index in [1.165, 1.54) is 30.5 Å². The van der Waals surface area contributed by atoms with Crippen molar-refractivity contribution in [3.63, 3.8) is 0 Å². The van der Waals surface area contributed by atoms with E-state index >= 15 is 0 Å². The zero-order valence-corrected chi connectivity index (χ0v) is 11.3. The number of aromatic nitrogens is 3. The monoisotopic (exact) mass is 256 g/mol. The van der Waals surface area contributed by atoms with Gasteiger partial charge in [-0.05, 0) is 36.5 Å². The van der Waals surface area contributed by atoms with Crippen LogP contribution in [-0.4, -0.2) is 20.8 Å². The highest BCUT2D eigenvalue weighted by molar-refractivity contribution is 5.46. The topological polar surface area (TPSA) is 42.7 Å². The molecule has 0 saturated heterocycles. The number of hydrogen-bond donors (Lipinski definition) is 1. The molecule has 2 atom stereocenters. The molecule has 1 aromatic heterocycles. The van der Waals surface area contributed by atoms with Crippen LogP contribution in [0.25, 0.3) is 0 Å². The summed E-state index contributed by atoms with van der Waals surface area (Å²) in [6.07, 6.45) is 7.30. The first-order valence-electron chi connectivity index (χ1n) is 6.99. The first-order valence-corrected chi connectivity index (χ1v) is 6.99. The lowest BCUT2D eigenvalue weighted by molar-refractivity contribution is 0.556. The van der Waals surface area contributed by atoms with Crippen molar-refractivity contribution in [1.82, 2.24) is 14.8 Å². The second kappa shape index (κ2) is 5.43. The van der Waals surface area contributed by atoms with Gasteiger partial charge in [-0.3, -0.25) is 0 Å². The summed E-state index contributed by atoms with van der Waals surface area (Å²) in [6, 6.07) is 9.23. The van der Waals surface area contributed by atoms with Gasteiger partial charge >= 0.3 is 0 Å². The smallest absolute Gasteiger partial charge is 0.137 e. The van der Waals surface area contributed by atoms with Gasteiger partial charge in [0.2, 0.25) is 0 Å². The molecule has 1 N–H and O–H groups in total. The van der Waals surface area contributed by atoms with Crippen LogP contribution in [-0.2, 0) is 6.54 Å². The summed E-state index contributed by atoms with van der Waals surface area (Å²) in [4.78, 5) is 3.97. The molecule has 1 aliphatic carbocycles. The van der Waals surface area contributed by atoms with Crippen molar-refractivity contribution in [3.05, 3.63) is 42.5 Å². The second-order valence-corrected chi connectivity index (χ2v) is 5.45. The van der Waals surface area contributed by atoms with Crippen molar-refractivity contribution in [2.24, 2.45) is 5.92 Å². The zero-order chi connectivity index (χ0) is 13.1. The molecule has 1 fully saturated rings. The maximum absolute atomic E-state index is 4.14. The fourth-order valence-electron chi connectivity index (χ4n) is 2.83. The summed E-state index contributed by atoms with van der Waals surface area (Å²) >= 11 is 0. The van der Waals surface area contributed by atoms with Gasteiger partial charge in [0.1, 0.15) is 12.7 Å². The van der Waals surface area contributed by atoms with E-state index in [0.29, 0.717) is 6.04 Å². The normalized spacial score (nSPS) is 22.6. The van der Waals surface area contributed by atoms with Crippen LogP contribution in [0.4, 0.5) is 5.69 Å². The second-order valence-electron chi connectivity index (χ2n) is 5.45. The molecule has 0 amide bonds. The van der Waals surface area contributed by atoms with Crippen LogP contribution in [0.15, 0.2) is 36.9 Å². The molecule has 19 heavy (non-hydrogen) atoms. The lowest BCUT2D eigenvalue weighted by Crippen LogP contribution is -2.21. The summed E-state index contributed by atoms with van der Waals surface area (Å²) in [5.74, 6) is 0.777. The van der Waals surface area contributed by atoms with E-state index in [0.717, 1.165) is 12.5 Å². The maximum Gasteiger partial charge on any atom is 0.137 e. The van der Waals surface area contributed by atoms with Gasteiger partial charge in [0.25, 0.3) is 0 Å². The van der Waals surface area contributed by atoms with Gasteiger partial charge < -0.3 is 5.32 Å². The van der Waals surface area contributed by atoms with Crippen LogP contribution in [0.5, 0.6) is 0 Å². The van der Waals surface area contributed by atoms with Crippen LogP contribution in [0, 0.1) is 5.92 Å². The Morgan fingerprint density at radius 2 is 2.32 bits per heavy atom. The number of benzene rings is 1. The molecule has 0 bridgehead atoms. The Kier molecular flexibility index (Phi) is 3.49. The van der Waals surface area contributed by atoms with E-state index in [-0.39, 0.29) is 0 Å². The van der Waals surface area contributed by atoms with Crippen molar-refractivity contribution in [1.29, 1.82) is 0 Å². The van der Waals surface area contributed by atoms with E-state index in [9.17, 15) is 0 Å². The lowest BCUT2D eigenvalue weighted by atomic mass is 10.1. The highest BCUT2D eigenvalue weighted by Crippen LogP contribution is 2.28. The Labute approximate surface area is 113 Å². The summed E-state index contributed by atoms with van der Waals surface area (Å²) < 4.78 is 1.84. The van der Waals surface area contributed by atoms with Gasteiger partial charge in [-0.15, -0.1) is 0 Å². The van der Waals surface area contributed by atoms with Crippen molar-refractivity contribution >= 4 is 5.69 Å². The number of nitrogens with zero attached hydrogens (tertiary/aromatic N) is 3. The Balaban J connectivity index is 1.69. The first kappa shape index (κ1) is 12.2. The average Bonchev–Trinajstić information content (AvgIpc) is 3.03. The molecule has 3 rings (SSSR count). The molecule has 1 aromatic carbocycles. The largest absolute Gasteiger partial charge is 0.382 e. The van der Waals surface area contributed by atoms with E-state index in [1.807, 2.05) is 4.68 Å². The minimum atomic E-state index is 0.627. The SMILES string of the molecule is CC1CCCC1Nc1cccc(Cn2cncn2)c1. The Hall–Kier alpha value is -1.84. The molecule has 2 unspecified atom stereocenters. The Bertz CT molecular complexity index is 521.